The van der Waals surface area contributed by atoms with E-state index in [2.05, 4.69) is 0 Å². The van der Waals surface area contributed by atoms with Crippen LogP contribution in [0.4, 0.5) is 0 Å². The summed E-state index contributed by atoms with van der Waals surface area (Å²) in [6.45, 7) is 0. The van der Waals surface area contributed by atoms with E-state index in [1.54, 1.807) is 12.1 Å². The van der Waals surface area contributed by atoms with Crippen molar-refractivity contribution in [3.05, 3.63) is 29.3 Å². The molecule has 1 heterocycles. The second-order valence-corrected chi connectivity index (χ2v) is 8.55. The Labute approximate surface area is 132 Å². The predicted molar refractivity (Wildman–Crippen MR) is 80.9 cm³/mol. The van der Waals surface area contributed by atoms with Crippen LogP contribution in [0, 0.1) is 5.92 Å². The summed E-state index contributed by atoms with van der Waals surface area (Å²) in [5, 5.41) is 9.15. The minimum atomic E-state index is -3.92. The summed E-state index contributed by atoms with van der Waals surface area (Å²) in [7, 11) is -3.92. The number of thioether (sulfide) groups is 1. The second-order valence-electron chi connectivity index (χ2n) is 5.18. The largest absolute Gasteiger partial charge is 0.480 e. The molecule has 0 radical (unpaired) electrons. The molecular formula is C13H14ClNO4S2. The minimum absolute atomic E-state index is 0.0222. The zero-order valence-corrected chi connectivity index (χ0v) is 13.4. The standard InChI is InChI=1S/C13H14ClNO4S2/c14-9-3-1-2-4-11(9)21(18,19)15-10(13(16)17)7-20-12(15)8-5-6-8/h1-4,8,10,12H,5-7H2,(H,16,17). The van der Waals surface area contributed by atoms with Gasteiger partial charge < -0.3 is 5.11 Å². The van der Waals surface area contributed by atoms with E-state index < -0.39 is 22.0 Å². The highest BCUT2D eigenvalue weighted by atomic mass is 35.5. The Morgan fingerprint density at radius 3 is 2.57 bits per heavy atom. The average Bonchev–Trinajstić information content (AvgIpc) is 3.16. The first-order valence-corrected chi connectivity index (χ1v) is 9.42. The van der Waals surface area contributed by atoms with Crippen molar-refractivity contribution in [1.82, 2.24) is 4.31 Å². The van der Waals surface area contributed by atoms with Crippen LogP contribution in [0.5, 0.6) is 0 Å². The van der Waals surface area contributed by atoms with Crippen molar-refractivity contribution in [2.75, 3.05) is 5.75 Å². The van der Waals surface area contributed by atoms with Crippen LogP contribution in [0.25, 0.3) is 0 Å². The van der Waals surface area contributed by atoms with Crippen molar-refractivity contribution >= 4 is 39.4 Å². The fourth-order valence-electron chi connectivity index (χ4n) is 2.49. The van der Waals surface area contributed by atoms with Gasteiger partial charge in [-0.05, 0) is 30.9 Å². The van der Waals surface area contributed by atoms with Crippen LogP contribution in [0.15, 0.2) is 29.2 Å². The number of nitrogens with zero attached hydrogens (tertiary/aromatic N) is 1. The van der Waals surface area contributed by atoms with Crippen LogP contribution in [0.1, 0.15) is 12.8 Å². The fourth-order valence-corrected chi connectivity index (χ4v) is 6.79. The Bertz CT molecular complexity index is 675. The molecule has 1 N–H and O–H groups in total. The van der Waals surface area contributed by atoms with Crippen LogP contribution in [-0.2, 0) is 14.8 Å². The molecule has 114 valence electrons. The van der Waals surface area contributed by atoms with Crippen LogP contribution in [0.2, 0.25) is 5.02 Å². The van der Waals surface area contributed by atoms with Gasteiger partial charge in [-0.25, -0.2) is 8.42 Å². The first kappa shape index (κ1) is 15.1. The summed E-state index contributed by atoms with van der Waals surface area (Å²) < 4.78 is 26.9. The number of aliphatic carboxylic acids is 1. The maximum Gasteiger partial charge on any atom is 0.322 e. The Morgan fingerprint density at radius 2 is 2.00 bits per heavy atom. The SMILES string of the molecule is O=C(O)C1CSC(C2CC2)N1S(=O)(=O)c1ccccc1Cl. The Hall–Kier alpha value is -0.760. The lowest BCUT2D eigenvalue weighted by Gasteiger charge is -2.26. The van der Waals surface area contributed by atoms with Gasteiger partial charge in [-0.3, -0.25) is 4.79 Å². The van der Waals surface area contributed by atoms with Gasteiger partial charge in [0.2, 0.25) is 10.0 Å². The highest BCUT2D eigenvalue weighted by Crippen LogP contribution is 2.47. The van der Waals surface area contributed by atoms with Crippen molar-refractivity contribution in [3.8, 4) is 0 Å². The number of carboxylic acid groups (broad SMARTS) is 1. The highest BCUT2D eigenvalue weighted by molar-refractivity contribution is 8.01. The summed E-state index contributed by atoms with van der Waals surface area (Å²) in [4.78, 5) is 11.4. The molecule has 0 spiro atoms. The van der Waals surface area contributed by atoms with E-state index in [9.17, 15) is 18.3 Å². The number of hydrogen-bond donors (Lipinski definition) is 1. The van der Waals surface area contributed by atoms with Gasteiger partial charge in [-0.2, -0.15) is 4.31 Å². The molecule has 1 saturated carbocycles. The molecule has 21 heavy (non-hydrogen) atoms. The number of carbonyl (C=O) groups is 1. The van der Waals surface area contributed by atoms with Gasteiger partial charge in [0.15, 0.2) is 0 Å². The van der Waals surface area contributed by atoms with Crippen LogP contribution in [-0.4, -0.2) is 41.0 Å². The molecule has 0 aromatic heterocycles. The zero-order chi connectivity index (χ0) is 15.2. The molecule has 0 bridgehead atoms. The molecule has 8 heteroatoms. The Balaban J connectivity index is 2.05. The fraction of sp³-hybridized carbons (Fsp3) is 0.462. The number of sulfonamides is 1. The van der Waals surface area contributed by atoms with E-state index in [0.29, 0.717) is 0 Å². The molecule has 3 rings (SSSR count). The topological polar surface area (TPSA) is 74.7 Å². The number of benzene rings is 1. The van der Waals surface area contributed by atoms with Crippen molar-refractivity contribution in [2.24, 2.45) is 5.92 Å². The molecule has 1 aromatic rings. The third-order valence-corrected chi connectivity index (χ3v) is 7.67. The Kier molecular flexibility index (Phi) is 3.94. The van der Waals surface area contributed by atoms with Crippen LogP contribution in [0.3, 0.4) is 0 Å². The molecule has 2 atom stereocenters. The monoisotopic (exact) mass is 347 g/mol. The van der Waals surface area contributed by atoms with E-state index in [1.165, 1.54) is 23.9 Å². The van der Waals surface area contributed by atoms with Crippen LogP contribution >= 0.6 is 23.4 Å². The Morgan fingerprint density at radius 1 is 1.33 bits per heavy atom. The summed E-state index contributed by atoms with van der Waals surface area (Å²) in [5.41, 5.74) is 0. The quantitative estimate of drug-likeness (QED) is 0.904. The molecule has 1 aromatic carbocycles. The summed E-state index contributed by atoms with van der Waals surface area (Å²) in [5.74, 6) is -0.585. The van der Waals surface area contributed by atoms with E-state index in [0.717, 1.165) is 17.1 Å². The van der Waals surface area contributed by atoms with Gasteiger partial charge in [0.25, 0.3) is 0 Å². The minimum Gasteiger partial charge on any atom is -0.480 e. The van der Waals surface area contributed by atoms with Gasteiger partial charge in [-0.15, -0.1) is 11.8 Å². The summed E-state index contributed by atoms with van der Waals surface area (Å²) in [6, 6.07) is 5.13. The molecule has 2 unspecified atom stereocenters. The van der Waals surface area contributed by atoms with E-state index in [-0.39, 0.29) is 27.0 Å². The van der Waals surface area contributed by atoms with Gasteiger partial charge in [0.05, 0.1) is 10.4 Å². The lowest BCUT2D eigenvalue weighted by molar-refractivity contribution is -0.140. The van der Waals surface area contributed by atoms with Crippen molar-refractivity contribution < 1.29 is 18.3 Å². The normalized spacial score (nSPS) is 26.9. The smallest absolute Gasteiger partial charge is 0.322 e. The maximum absolute atomic E-state index is 12.9. The lowest BCUT2D eigenvalue weighted by atomic mass is 10.3. The molecule has 1 aliphatic heterocycles. The molecule has 1 saturated heterocycles. The van der Waals surface area contributed by atoms with Crippen molar-refractivity contribution in [3.63, 3.8) is 0 Å². The number of hydrogen-bond acceptors (Lipinski definition) is 4. The van der Waals surface area contributed by atoms with E-state index in [4.69, 9.17) is 11.6 Å². The summed E-state index contributed by atoms with van der Waals surface area (Å²) >= 11 is 7.41. The third kappa shape index (κ3) is 2.67. The molecular weight excluding hydrogens is 334 g/mol. The molecule has 1 aliphatic carbocycles. The lowest BCUT2D eigenvalue weighted by Crippen LogP contribution is -2.46. The number of rotatable bonds is 4. The highest BCUT2D eigenvalue weighted by Gasteiger charge is 2.51. The molecule has 0 amide bonds. The average molecular weight is 348 g/mol. The van der Waals surface area contributed by atoms with Crippen LogP contribution < -0.4 is 0 Å². The molecule has 5 nitrogen and oxygen atoms in total. The second kappa shape index (κ2) is 5.46. The van der Waals surface area contributed by atoms with E-state index >= 15 is 0 Å². The van der Waals surface area contributed by atoms with E-state index in [1.807, 2.05) is 0 Å². The van der Waals surface area contributed by atoms with Gasteiger partial charge >= 0.3 is 5.97 Å². The number of halogens is 1. The maximum atomic E-state index is 12.9. The molecule has 2 aliphatic rings. The van der Waals surface area contributed by atoms with Gasteiger partial charge in [0.1, 0.15) is 10.9 Å². The summed E-state index contributed by atoms with van der Waals surface area (Å²) in [6.07, 6.45) is 1.89. The first-order chi connectivity index (χ1) is 9.93. The zero-order valence-electron chi connectivity index (χ0n) is 11.0. The van der Waals surface area contributed by atoms with Crippen molar-refractivity contribution in [1.29, 1.82) is 0 Å². The number of carboxylic acids is 1. The molecule has 2 fully saturated rings. The first-order valence-electron chi connectivity index (χ1n) is 6.55. The van der Waals surface area contributed by atoms with Gasteiger partial charge in [-0.1, -0.05) is 23.7 Å². The van der Waals surface area contributed by atoms with Gasteiger partial charge in [0, 0.05) is 5.75 Å². The van der Waals surface area contributed by atoms with Crippen molar-refractivity contribution in [2.45, 2.75) is 29.2 Å². The third-order valence-electron chi connectivity index (χ3n) is 3.69. The predicted octanol–water partition coefficient (Wildman–Crippen LogP) is 2.27.